The topological polar surface area (TPSA) is 135 Å². The van der Waals surface area contributed by atoms with E-state index in [1.165, 1.54) is 24.3 Å². The number of aliphatic hydroxyl groups excluding tert-OH is 1. The molecule has 5 rings (SSSR count). The molecule has 54 heavy (non-hydrogen) atoms. The van der Waals surface area contributed by atoms with Gasteiger partial charge in [0.2, 0.25) is 17.7 Å². The van der Waals surface area contributed by atoms with Gasteiger partial charge in [0, 0.05) is 29.2 Å². The summed E-state index contributed by atoms with van der Waals surface area (Å²) >= 11 is 0. The second-order valence-corrected chi connectivity index (χ2v) is 15.3. The lowest BCUT2D eigenvalue weighted by Crippen LogP contribution is -2.66. The minimum atomic E-state index is -4.62. The molecule has 2 aromatic carbocycles. The summed E-state index contributed by atoms with van der Waals surface area (Å²) in [5, 5.41) is 22.7. The van der Waals surface area contributed by atoms with Crippen LogP contribution in [0.1, 0.15) is 95.0 Å². The molecule has 0 aliphatic heterocycles. The van der Waals surface area contributed by atoms with Crippen molar-refractivity contribution in [2.24, 2.45) is 11.8 Å². The maximum Gasteiger partial charge on any atom is 0.418 e. The molecular formula is C41H53F4N5O4. The summed E-state index contributed by atoms with van der Waals surface area (Å²) in [6, 6.07) is 8.20. The number of nitrogens with one attached hydrogen (secondary N) is 5. The predicted octanol–water partition coefficient (Wildman–Crippen LogP) is 6.38. The molecule has 0 spiro atoms. The Morgan fingerprint density at radius 1 is 0.963 bits per heavy atom. The first kappa shape index (κ1) is 40.8. The number of aryl methyl sites for hydroxylation is 1. The summed E-state index contributed by atoms with van der Waals surface area (Å²) in [6.45, 7) is 11.9. The lowest BCUT2D eigenvalue weighted by atomic mass is 9.77. The van der Waals surface area contributed by atoms with E-state index in [1.54, 1.807) is 19.1 Å². The number of aromatic nitrogens is 1. The van der Waals surface area contributed by atoms with Crippen LogP contribution in [0.5, 0.6) is 0 Å². The quantitative estimate of drug-likeness (QED) is 0.106. The highest BCUT2D eigenvalue weighted by Gasteiger charge is 2.47. The molecule has 0 bridgehead atoms. The molecule has 294 valence electrons. The number of carbonyl (C=O) groups excluding carboxylic acids is 3. The third-order valence-corrected chi connectivity index (χ3v) is 11.5. The van der Waals surface area contributed by atoms with Gasteiger partial charge in [-0.2, -0.15) is 13.2 Å². The molecule has 13 heteroatoms. The molecule has 0 saturated heterocycles. The molecule has 2 aliphatic carbocycles. The molecule has 2 unspecified atom stereocenters. The van der Waals surface area contributed by atoms with Gasteiger partial charge in [-0.3, -0.25) is 14.4 Å². The molecule has 1 heterocycles. The number of aromatic amines is 1. The second-order valence-electron chi connectivity index (χ2n) is 15.3. The number of hydrogen-bond acceptors (Lipinski definition) is 5. The number of alkyl halides is 3. The van der Waals surface area contributed by atoms with Crippen molar-refractivity contribution in [3.8, 4) is 0 Å². The largest absolute Gasteiger partial charge is 0.418 e. The van der Waals surface area contributed by atoms with Crippen molar-refractivity contribution in [1.82, 2.24) is 26.3 Å². The van der Waals surface area contributed by atoms with E-state index in [-0.39, 0.29) is 60.7 Å². The first-order valence-corrected chi connectivity index (χ1v) is 19.1. The van der Waals surface area contributed by atoms with Gasteiger partial charge in [-0.1, -0.05) is 77.4 Å². The fourth-order valence-electron chi connectivity index (χ4n) is 7.78. The molecule has 1 saturated carbocycles. The highest BCUT2D eigenvalue weighted by Crippen LogP contribution is 2.40. The van der Waals surface area contributed by atoms with Gasteiger partial charge in [-0.15, -0.1) is 0 Å². The number of aliphatic hydroxyl groups is 1. The number of rotatable bonds is 14. The fourth-order valence-corrected chi connectivity index (χ4v) is 7.78. The Bertz CT molecular complexity index is 1840. The number of para-hydroxylation sites is 1. The highest BCUT2D eigenvalue weighted by molar-refractivity contribution is 5.97. The first-order chi connectivity index (χ1) is 25.6. The van der Waals surface area contributed by atoms with Gasteiger partial charge in [0.05, 0.1) is 29.6 Å². The van der Waals surface area contributed by atoms with Crippen molar-refractivity contribution < 1.29 is 37.1 Å². The van der Waals surface area contributed by atoms with Crippen LogP contribution in [-0.4, -0.2) is 57.6 Å². The minimum absolute atomic E-state index is 0.0635. The Hall–Kier alpha value is -4.39. The smallest absolute Gasteiger partial charge is 0.393 e. The molecule has 6 N–H and O–H groups in total. The highest BCUT2D eigenvalue weighted by atomic mass is 19.4. The number of benzene rings is 2. The summed E-state index contributed by atoms with van der Waals surface area (Å²) in [7, 11) is 0. The third-order valence-electron chi connectivity index (χ3n) is 11.5. The van der Waals surface area contributed by atoms with Gasteiger partial charge in [-0.05, 0) is 73.6 Å². The van der Waals surface area contributed by atoms with Crippen molar-refractivity contribution >= 4 is 28.6 Å². The monoisotopic (exact) mass is 755 g/mol. The molecule has 0 radical (unpaired) electrons. The van der Waals surface area contributed by atoms with Crippen LogP contribution in [0.15, 0.2) is 54.7 Å². The van der Waals surface area contributed by atoms with E-state index < -0.39 is 52.9 Å². The lowest BCUT2D eigenvalue weighted by Gasteiger charge is -2.40. The SMILES string of the molecule is C=C(NC1CCC(O)CC1)[C@@H](NC(=O)[C@@]1(NC(=O)[C@@H](NC(=O)Cc2ccccc2F)C(C)CC)CCc2[nH]c3c(C(F)(F)F)cccc3c2C1)C(C)CC. The maximum atomic E-state index is 14.8. The Labute approximate surface area is 314 Å². The van der Waals surface area contributed by atoms with Crippen LogP contribution in [0.25, 0.3) is 10.9 Å². The Morgan fingerprint density at radius 3 is 2.28 bits per heavy atom. The minimum Gasteiger partial charge on any atom is -0.393 e. The zero-order chi connectivity index (χ0) is 39.4. The van der Waals surface area contributed by atoms with E-state index in [4.69, 9.17) is 0 Å². The summed E-state index contributed by atoms with van der Waals surface area (Å²) in [4.78, 5) is 45.4. The maximum absolute atomic E-state index is 14.8. The summed E-state index contributed by atoms with van der Waals surface area (Å²) in [6.07, 6.45) is -1.18. The molecule has 5 atom stereocenters. The molecule has 1 aromatic heterocycles. The van der Waals surface area contributed by atoms with E-state index in [1.807, 2.05) is 20.8 Å². The van der Waals surface area contributed by atoms with Crippen LogP contribution in [0.4, 0.5) is 17.6 Å². The van der Waals surface area contributed by atoms with Gasteiger partial charge < -0.3 is 31.4 Å². The second kappa shape index (κ2) is 17.0. The molecule has 2 aliphatic rings. The summed E-state index contributed by atoms with van der Waals surface area (Å²) < 4.78 is 56.7. The van der Waals surface area contributed by atoms with Gasteiger partial charge in [0.1, 0.15) is 17.4 Å². The fraction of sp³-hybridized carbons (Fsp3) is 0.537. The van der Waals surface area contributed by atoms with E-state index in [0.717, 1.165) is 18.9 Å². The summed E-state index contributed by atoms with van der Waals surface area (Å²) in [5.74, 6) is -2.73. The lowest BCUT2D eigenvalue weighted by molar-refractivity contribution is -0.137. The van der Waals surface area contributed by atoms with Crippen molar-refractivity contribution in [1.29, 1.82) is 0 Å². The number of halogens is 4. The number of H-pyrrole nitrogens is 1. The standard InChI is InChI=1S/C41H53F4N5O4/c1-6-23(3)35(25(5)46-27-15-17-28(51)18-16-27)49-39(54)40(20-19-33-30(22-40)29-12-10-13-31(37(29)47-33)41(43,44)45)50-38(53)36(24(4)7-2)48-34(52)21-26-11-8-9-14-32(26)42/h8-14,23-24,27-28,35-36,46-47,51H,5-7,15-22H2,1-4H3,(H,48,52)(H,49,54)(H,50,53)/t23?,24?,27?,28?,35-,36-,40+/m0/s1. The van der Waals surface area contributed by atoms with Crippen LogP contribution >= 0.6 is 0 Å². The van der Waals surface area contributed by atoms with E-state index in [9.17, 15) is 37.1 Å². The average Bonchev–Trinajstić information content (AvgIpc) is 3.51. The Morgan fingerprint density at radius 2 is 1.63 bits per heavy atom. The van der Waals surface area contributed by atoms with Crippen molar-refractivity contribution in [2.75, 3.05) is 0 Å². The van der Waals surface area contributed by atoms with E-state index >= 15 is 0 Å². The van der Waals surface area contributed by atoms with E-state index in [0.29, 0.717) is 48.0 Å². The normalized spacial score (nSPS) is 22.3. The van der Waals surface area contributed by atoms with Crippen LogP contribution < -0.4 is 21.3 Å². The molecule has 3 amide bonds. The number of hydrogen-bond donors (Lipinski definition) is 6. The van der Waals surface area contributed by atoms with Gasteiger partial charge >= 0.3 is 6.18 Å². The predicted molar refractivity (Wildman–Crippen MR) is 200 cm³/mol. The van der Waals surface area contributed by atoms with E-state index in [2.05, 4.69) is 32.8 Å². The zero-order valence-electron chi connectivity index (χ0n) is 31.5. The van der Waals surface area contributed by atoms with Gasteiger partial charge in [0.15, 0.2) is 0 Å². The van der Waals surface area contributed by atoms with Gasteiger partial charge in [0.25, 0.3) is 0 Å². The molecule has 1 fully saturated rings. The molecule has 3 aromatic rings. The van der Waals surface area contributed by atoms with Gasteiger partial charge in [-0.25, -0.2) is 4.39 Å². The number of fused-ring (bicyclic) bond motifs is 3. The Kier molecular flexibility index (Phi) is 12.8. The van der Waals surface area contributed by atoms with Crippen LogP contribution in [0, 0.1) is 17.7 Å². The zero-order valence-corrected chi connectivity index (χ0v) is 31.5. The van der Waals surface area contributed by atoms with Crippen molar-refractivity contribution in [3.63, 3.8) is 0 Å². The van der Waals surface area contributed by atoms with Crippen LogP contribution in [-0.2, 0) is 39.8 Å². The van der Waals surface area contributed by atoms with Crippen molar-refractivity contribution in [2.45, 2.75) is 128 Å². The Balaban J connectivity index is 1.49. The summed E-state index contributed by atoms with van der Waals surface area (Å²) in [5.41, 5.74) is -0.700. The molecule has 9 nitrogen and oxygen atoms in total. The third kappa shape index (κ3) is 9.10. The number of carbonyl (C=O) groups is 3. The van der Waals surface area contributed by atoms with Crippen LogP contribution in [0.2, 0.25) is 0 Å². The van der Waals surface area contributed by atoms with Crippen molar-refractivity contribution in [3.05, 3.63) is 82.9 Å². The number of amides is 3. The average molecular weight is 756 g/mol. The molecular weight excluding hydrogens is 702 g/mol. The van der Waals surface area contributed by atoms with Crippen LogP contribution in [0.3, 0.4) is 0 Å². The first-order valence-electron chi connectivity index (χ1n) is 19.1.